The van der Waals surface area contributed by atoms with Crippen LogP contribution in [0.2, 0.25) is 0 Å². The first-order valence-corrected chi connectivity index (χ1v) is 6.06. The summed E-state index contributed by atoms with van der Waals surface area (Å²) in [6.07, 6.45) is 3.74. The minimum Gasteiger partial charge on any atom is -0.282 e. The highest BCUT2D eigenvalue weighted by Gasteiger charge is 2.31. The van der Waals surface area contributed by atoms with Crippen molar-refractivity contribution >= 4 is 10.1 Å². The quantitative estimate of drug-likeness (QED) is 0.696. The number of hydrogen-bond acceptors (Lipinski definition) is 2. The zero-order valence-electron chi connectivity index (χ0n) is 8.83. The maximum atomic E-state index is 11.2. The van der Waals surface area contributed by atoms with Gasteiger partial charge in [-0.3, -0.25) is 4.55 Å². The van der Waals surface area contributed by atoms with E-state index in [1.54, 1.807) is 13.0 Å². The molecule has 0 saturated heterocycles. The molecule has 0 amide bonds. The third kappa shape index (κ3) is 1.41. The van der Waals surface area contributed by atoms with E-state index in [9.17, 15) is 8.42 Å². The predicted octanol–water partition coefficient (Wildman–Crippen LogP) is 2.36. The van der Waals surface area contributed by atoms with E-state index < -0.39 is 10.1 Å². The van der Waals surface area contributed by atoms with Crippen LogP contribution in [0.4, 0.5) is 0 Å². The summed E-state index contributed by atoms with van der Waals surface area (Å²) in [5.74, 6) is 0. The molecule has 0 unspecified atom stereocenters. The van der Waals surface area contributed by atoms with Gasteiger partial charge in [0.15, 0.2) is 0 Å². The van der Waals surface area contributed by atoms with Gasteiger partial charge in [-0.2, -0.15) is 8.42 Å². The van der Waals surface area contributed by atoms with Gasteiger partial charge in [-0.15, -0.1) is 0 Å². The highest BCUT2D eigenvalue weighted by Crippen LogP contribution is 2.43. The zero-order chi connectivity index (χ0) is 11.4. The zero-order valence-corrected chi connectivity index (χ0v) is 9.64. The molecule has 1 N–H and O–H groups in total. The van der Waals surface area contributed by atoms with E-state index in [4.69, 9.17) is 4.55 Å². The normalized spacial score (nSPS) is 20.8. The second kappa shape index (κ2) is 2.93. The van der Waals surface area contributed by atoms with Gasteiger partial charge in [0.05, 0.1) is 0 Å². The molecule has 0 aromatic rings. The molecule has 2 aliphatic carbocycles. The van der Waals surface area contributed by atoms with E-state index in [2.05, 4.69) is 0 Å². The largest absolute Gasteiger partial charge is 0.295 e. The van der Waals surface area contributed by atoms with Crippen molar-refractivity contribution in [1.82, 2.24) is 0 Å². The number of hydrogen-bond donors (Lipinski definition) is 1. The maximum absolute atomic E-state index is 11.2. The van der Waals surface area contributed by atoms with Crippen molar-refractivity contribution in [2.75, 3.05) is 0 Å². The smallest absolute Gasteiger partial charge is 0.282 e. The summed E-state index contributed by atoms with van der Waals surface area (Å²) in [6, 6.07) is 0. The summed E-state index contributed by atoms with van der Waals surface area (Å²) >= 11 is 0. The fourth-order valence-electron chi connectivity index (χ4n) is 2.18. The first kappa shape index (κ1) is 10.4. The van der Waals surface area contributed by atoms with Crippen LogP contribution in [0.5, 0.6) is 0 Å². The molecule has 15 heavy (non-hydrogen) atoms. The molecular weight excluding hydrogens is 212 g/mol. The fraction of sp³-hybridized carbons (Fsp3) is 0.273. The summed E-state index contributed by atoms with van der Waals surface area (Å²) in [6.45, 7) is 5.48. The van der Waals surface area contributed by atoms with Crippen LogP contribution in [0.25, 0.3) is 0 Å². The van der Waals surface area contributed by atoms with E-state index >= 15 is 0 Å². The summed E-state index contributed by atoms with van der Waals surface area (Å²) in [7, 11) is -4.13. The average molecular weight is 224 g/mol. The Morgan fingerprint density at radius 2 is 1.67 bits per heavy atom. The molecule has 80 valence electrons. The summed E-state index contributed by atoms with van der Waals surface area (Å²) in [5, 5.41) is 0. The Kier molecular flexibility index (Phi) is 2.03. The van der Waals surface area contributed by atoms with Gasteiger partial charge in [0.2, 0.25) is 0 Å². The molecule has 0 aromatic heterocycles. The predicted molar refractivity (Wildman–Crippen MR) is 58.8 cm³/mol. The van der Waals surface area contributed by atoms with Crippen molar-refractivity contribution in [3.63, 3.8) is 0 Å². The lowest BCUT2D eigenvalue weighted by molar-refractivity contribution is 0.491. The highest BCUT2D eigenvalue weighted by molar-refractivity contribution is 7.90. The van der Waals surface area contributed by atoms with Crippen LogP contribution in [0.1, 0.15) is 20.8 Å². The van der Waals surface area contributed by atoms with Crippen LogP contribution in [-0.2, 0) is 10.1 Å². The third-order valence-corrected chi connectivity index (χ3v) is 3.77. The van der Waals surface area contributed by atoms with Gasteiger partial charge < -0.3 is 0 Å². The molecule has 0 aromatic carbocycles. The van der Waals surface area contributed by atoms with Gasteiger partial charge in [-0.05, 0) is 49.1 Å². The third-order valence-electron chi connectivity index (χ3n) is 2.73. The van der Waals surface area contributed by atoms with Gasteiger partial charge in [-0.25, -0.2) is 0 Å². The van der Waals surface area contributed by atoms with E-state index in [0.717, 1.165) is 16.7 Å². The first-order chi connectivity index (χ1) is 6.82. The van der Waals surface area contributed by atoms with Gasteiger partial charge in [0.1, 0.15) is 4.91 Å². The Labute approximate surface area is 89.2 Å². The average Bonchev–Trinajstić information content (AvgIpc) is 2.51. The summed E-state index contributed by atoms with van der Waals surface area (Å²) in [5.41, 5.74) is 4.11. The van der Waals surface area contributed by atoms with Gasteiger partial charge >= 0.3 is 0 Å². The number of fused-ring (bicyclic) bond motifs is 1. The Hall–Kier alpha value is -1.13. The Morgan fingerprint density at radius 3 is 2.20 bits per heavy atom. The lowest BCUT2D eigenvalue weighted by atomic mass is 10.1. The minimum absolute atomic E-state index is 0.0584. The summed E-state index contributed by atoms with van der Waals surface area (Å²) < 4.78 is 31.7. The lowest BCUT2D eigenvalue weighted by Gasteiger charge is -2.04. The van der Waals surface area contributed by atoms with Gasteiger partial charge in [0.25, 0.3) is 10.1 Å². The molecule has 2 aliphatic rings. The van der Waals surface area contributed by atoms with E-state index in [1.807, 2.05) is 19.9 Å². The Balaban J connectivity index is 2.80. The lowest BCUT2D eigenvalue weighted by Crippen LogP contribution is -2.04. The van der Waals surface area contributed by atoms with Crippen LogP contribution in [0.3, 0.4) is 0 Å². The minimum atomic E-state index is -4.13. The SMILES string of the molecule is CC1=CC(C)=C2C=C(C)C(S(=O)(=O)O)=C12. The van der Waals surface area contributed by atoms with Crippen LogP contribution >= 0.6 is 0 Å². The Morgan fingerprint density at radius 1 is 1.07 bits per heavy atom. The second-order valence-corrected chi connectivity index (χ2v) is 5.29. The van der Waals surface area contributed by atoms with Crippen molar-refractivity contribution in [2.24, 2.45) is 0 Å². The van der Waals surface area contributed by atoms with Crippen molar-refractivity contribution in [2.45, 2.75) is 20.8 Å². The van der Waals surface area contributed by atoms with Crippen LogP contribution < -0.4 is 0 Å². The van der Waals surface area contributed by atoms with E-state index in [1.165, 1.54) is 0 Å². The molecule has 0 aliphatic heterocycles. The molecule has 0 atom stereocenters. The molecule has 0 spiro atoms. The standard InChI is InChI=1S/C11H12O3S/c1-6-4-7(2)10-9(6)5-8(3)11(10)15(12,13)14/h4-5H,1-3H3,(H,12,13,14). The van der Waals surface area contributed by atoms with E-state index in [-0.39, 0.29) is 4.91 Å². The van der Waals surface area contributed by atoms with Crippen LogP contribution in [0, 0.1) is 0 Å². The van der Waals surface area contributed by atoms with Crippen LogP contribution in [-0.4, -0.2) is 13.0 Å². The molecule has 2 rings (SSSR count). The highest BCUT2D eigenvalue weighted by atomic mass is 32.2. The molecule has 4 heteroatoms. The van der Waals surface area contributed by atoms with Crippen molar-refractivity contribution in [1.29, 1.82) is 0 Å². The van der Waals surface area contributed by atoms with Crippen molar-refractivity contribution in [3.8, 4) is 0 Å². The molecule has 0 radical (unpaired) electrons. The molecule has 0 saturated carbocycles. The van der Waals surface area contributed by atoms with Gasteiger partial charge in [-0.1, -0.05) is 6.08 Å². The van der Waals surface area contributed by atoms with Crippen LogP contribution in [0.15, 0.2) is 44.9 Å². The molecule has 0 bridgehead atoms. The Bertz CT molecular complexity index is 569. The number of rotatable bonds is 1. The molecular formula is C11H12O3S. The summed E-state index contributed by atoms with van der Waals surface area (Å²) in [4.78, 5) is 0.0584. The molecule has 0 fully saturated rings. The first-order valence-electron chi connectivity index (χ1n) is 4.62. The monoisotopic (exact) mass is 224 g/mol. The fourth-order valence-corrected chi connectivity index (χ4v) is 3.18. The number of allylic oxidation sites excluding steroid dienone is 7. The maximum Gasteiger partial charge on any atom is 0.295 e. The second-order valence-electron chi connectivity index (χ2n) is 3.93. The van der Waals surface area contributed by atoms with Crippen molar-refractivity contribution < 1.29 is 13.0 Å². The molecule has 3 nitrogen and oxygen atoms in total. The van der Waals surface area contributed by atoms with Gasteiger partial charge in [0, 0.05) is 5.57 Å². The van der Waals surface area contributed by atoms with Crippen molar-refractivity contribution in [3.05, 3.63) is 44.9 Å². The molecule has 0 heterocycles. The topological polar surface area (TPSA) is 54.4 Å². The van der Waals surface area contributed by atoms with E-state index in [0.29, 0.717) is 11.1 Å².